The zero-order valence-corrected chi connectivity index (χ0v) is 25.9. The highest BCUT2D eigenvalue weighted by Gasteiger charge is 2.23. The number of carboxylic acid groups (broad SMARTS) is 2. The van der Waals surface area contributed by atoms with Crippen LogP contribution in [0.1, 0.15) is 52.4 Å². The maximum Gasteiger partial charge on any atom is 0.336 e. The first kappa shape index (κ1) is 31.5. The molecule has 45 heavy (non-hydrogen) atoms. The van der Waals surface area contributed by atoms with Gasteiger partial charge in [-0.2, -0.15) is 5.10 Å². The minimum absolute atomic E-state index is 0.00486. The Morgan fingerprint density at radius 3 is 2.53 bits per heavy atom. The molecular weight excluding hydrogens is 600 g/mol. The number of aliphatic carboxylic acids is 1. The fourth-order valence-electron chi connectivity index (χ4n) is 5.12. The predicted octanol–water partition coefficient (Wildman–Crippen LogP) is 7.04. The topological polar surface area (TPSA) is 129 Å². The SMILES string of the molecule is CCCCn1ncc(C=C(Cc2cc3c(cc2OC)OCO3)C(=O)O)c1-c1cc(Cl)c(C)cc1OCc1ccccc1C(=O)O. The van der Waals surface area contributed by atoms with E-state index in [1.807, 2.05) is 11.6 Å². The molecule has 10 nitrogen and oxygen atoms in total. The van der Waals surface area contributed by atoms with Crippen molar-refractivity contribution in [2.75, 3.05) is 13.9 Å². The van der Waals surface area contributed by atoms with Crippen LogP contribution in [0.2, 0.25) is 5.02 Å². The van der Waals surface area contributed by atoms with Gasteiger partial charge in [-0.05, 0) is 49.2 Å². The van der Waals surface area contributed by atoms with Crippen LogP contribution in [0.5, 0.6) is 23.0 Å². The third-order valence-electron chi connectivity index (χ3n) is 7.50. The number of aryl methyl sites for hydroxylation is 2. The van der Waals surface area contributed by atoms with Crippen LogP contribution in [0.25, 0.3) is 17.3 Å². The number of halogens is 1. The molecule has 0 saturated heterocycles. The van der Waals surface area contributed by atoms with Gasteiger partial charge >= 0.3 is 11.9 Å². The average molecular weight is 633 g/mol. The van der Waals surface area contributed by atoms with E-state index in [2.05, 4.69) is 12.0 Å². The second-order valence-electron chi connectivity index (χ2n) is 10.5. The first-order valence-corrected chi connectivity index (χ1v) is 14.8. The number of fused-ring (bicyclic) bond motifs is 1. The number of hydrogen-bond donors (Lipinski definition) is 2. The molecule has 2 heterocycles. The van der Waals surface area contributed by atoms with Crippen LogP contribution in [0, 0.1) is 6.92 Å². The number of aromatic nitrogens is 2. The predicted molar refractivity (Wildman–Crippen MR) is 168 cm³/mol. The molecule has 2 N–H and O–H groups in total. The van der Waals surface area contributed by atoms with E-state index in [1.54, 1.807) is 54.7 Å². The maximum atomic E-state index is 12.6. The second-order valence-corrected chi connectivity index (χ2v) is 10.9. The van der Waals surface area contributed by atoms with Crippen molar-refractivity contribution in [3.8, 4) is 34.3 Å². The van der Waals surface area contributed by atoms with Crippen LogP contribution in [0.15, 0.2) is 60.3 Å². The summed E-state index contributed by atoms with van der Waals surface area (Å²) in [6, 6.07) is 13.6. The van der Waals surface area contributed by atoms with Gasteiger partial charge in [0, 0.05) is 51.9 Å². The van der Waals surface area contributed by atoms with Crippen LogP contribution in [-0.2, 0) is 24.4 Å². The summed E-state index contributed by atoms with van der Waals surface area (Å²) in [7, 11) is 1.51. The summed E-state index contributed by atoms with van der Waals surface area (Å²) < 4.78 is 24.6. The van der Waals surface area contributed by atoms with Crippen LogP contribution < -0.4 is 18.9 Å². The third kappa shape index (κ3) is 6.91. The number of unbranched alkanes of at least 4 members (excludes halogenated alkanes) is 1. The summed E-state index contributed by atoms with van der Waals surface area (Å²) in [5, 5.41) is 25.1. The zero-order valence-electron chi connectivity index (χ0n) is 25.1. The number of methoxy groups -OCH3 is 1. The Balaban J connectivity index is 1.59. The molecule has 0 unspecified atom stereocenters. The molecule has 1 aliphatic rings. The van der Waals surface area contributed by atoms with Crippen molar-refractivity contribution in [1.82, 2.24) is 9.78 Å². The van der Waals surface area contributed by atoms with E-state index in [4.69, 9.17) is 30.5 Å². The Morgan fingerprint density at radius 1 is 1.07 bits per heavy atom. The van der Waals surface area contributed by atoms with Crippen molar-refractivity contribution in [2.24, 2.45) is 0 Å². The number of ether oxygens (including phenoxy) is 4. The number of carbonyl (C=O) groups is 2. The van der Waals surface area contributed by atoms with Crippen LogP contribution in [0.3, 0.4) is 0 Å². The number of carboxylic acids is 2. The number of hydrogen-bond acceptors (Lipinski definition) is 7. The fourth-order valence-corrected chi connectivity index (χ4v) is 5.29. The van der Waals surface area contributed by atoms with E-state index in [-0.39, 0.29) is 31.0 Å². The summed E-state index contributed by atoms with van der Waals surface area (Å²) in [6.07, 6.45) is 5.01. The quantitative estimate of drug-likeness (QED) is 0.149. The smallest absolute Gasteiger partial charge is 0.336 e. The largest absolute Gasteiger partial charge is 0.496 e. The van der Waals surface area contributed by atoms with E-state index >= 15 is 0 Å². The molecule has 3 aromatic carbocycles. The van der Waals surface area contributed by atoms with Crippen molar-refractivity contribution in [3.63, 3.8) is 0 Å². The minimum Gasteiger partial charge on any atom is -0.496 e. The first-order valence-electron chi connectivity index (χ1n) is 14.4. The van der Waals surface area contributed by atoms with E-state index in [9.17, 15) is 19.8 Å². The molecule has 4 aromatic rings. The number of aromatic carboxylic acids is 1. The monoisotopic (exact) mass is 632 g/mol. The lowest BCUT2D eigenvalue weighted by Gasteiger charge is -2.17. The Morgan fingerprint density at radius 2 is 1.82 bits per heavy atom. The molecule has 5 rings (SSSR count). The van der Waals surface area contributed by atoms with Gasteiger partial charge in [0.05, 0.1) is 24.6 Å². The van der Waals surface area contributed by atoms with Gasteiger partial charge in [0.2, 0.25) is 6.79 Å². The van der Waals surface area contributed by atoms with Gasteiger partial charge < -0.3 is 29.2 Å². The van der Waals surface area contributed by atoms with E-state index in [1.165, 1.54) is 13.2 Å². The van der Waals surface area contributed by atoms with Crippen LogP contribution in [-0.4, -0.2) is 45.8 Å². The fraction of sp³-hybridized carbons (Fsp3) is 0.265. The van der Waals surface area contributed by atoms with Crippen molar-refractivity contribution in [3.05, 3.63) is 93.1 Å². The number of benzene rings is 3. The highest BCUT2D eigenvalue weighted by atomic mass is 35.5. The number of nitrogens with zero attached hydrogens (tertiary/aromatic N) is 2. The molecule has 11 heteroatoms. The van der Waals surface area contributed by atoms with Gasteiger partial charge in [0.25, 0.3) is 0 Å². The molecule has 0 bridgehead atoms. The molecule has 0 spiro atoms. The van der Waals surface area contributed by atoms with Gasteiger partial charge in [-0.15, -0.1) is 0 Å². The van der Waals surface area contributed by atoms with Crippen molar-refractivity contribution in [1.29, 1.82) is 0 Å². The number of rotatable bonds is 13. The molecule has 0 saturated carbocycles. The van der Waals surface area contributed by atoms with Gasteiger partial charge in [0.1, 0.15) is 18.1 Å². The molecule has 0 fully saturated rings. The Labute approximate surface area is 265 Å². The average Bonchev–Trinajstić information content (AvgIpc) is 3.65. The Hall–Kier alpha value is -4.96. The van der Waals surface area contributed by atoms with Gasteiger partial charge in [-0.1, -0.05) is 43.1 Å². The molecule has 1 aromatic heterocycles. The first-order chi connectivity index (χ1) is 21.7. The molecule has 1 aliphatic heterocycles. The van der Waals surface area contributed by atoms with E-state index in [0.29, 0.717) is 62.5 Å². The normalized spacial score (nSPS) is 12.3. The summed E-state index contributed by atoms with van der Waals surface area (Å²) >= 11 is 6.63. The lowest BCUT2D eigenvalue weighted by Crippen LogP contribution is -2.08. The van der Waals surface area contributed by atoms with Crippen molar-refractivity contribution in [2.45, 2.75) is 46.3 Å². The molecule has 0 radical (unpaired) electrons. The highest BCUT2D eigenvalue weighted by Crippen LogP contribution is 2.41. The van der Waals surface area contributed by atoms with Gasteiger partial charge in [0.15, 0.2) is 11.5 Å². The van der Waals surface area contributed by atoms with Crippen molar-refractivity contribution >= 4 is 29.6 Å². The molecule has 0 atom stereocenters. The summed E-state index contributed by atoms with van der Waals surface area (Å²) in [5.41, 5.74) is 3.92. The van der Waals surface area contributed by atoms with Crippen molar-refractivity contribution < 1.29 is 38.7 Å². The zero-order chi connectivity index (χ0) is 32.1. The second kappa shape index (κ2) is 13.8. The molecule has 0 amide bonds. The van der Waals surface area contributed by atoms with Crippen LogP contribution >= 0.6 is 11.6 Å². The summed E-state index contributed by atoms with van der Waals surface area (Å²) in [4.78, 5) is 24.4. The van der Waals surface area contributed by atoms with Gasteiger partial charge in [-0.25, -0.2) is 9.59 Å². The minimum atomic E-state index is -1.11. The van der Waals surface area contributed by atoms with Crippen LogP contribution in [0.4, 0.5) is 0 Å². The highest BCUT2D eigenvalue weighted by molar-refractivity contribution is 6.31. The molecule has 0 aliphatic carbocycles. The Bertz CT molecular complexity index is 1780. The summed E-state index contributed by atoms with van der Waals surface area (Å²) in [6.45, 7) is 4.57. The lowest BCUT2D eigenvalue weighted by molar-refractivity contribution is -0.132. The van der Waals surface area contributed by atoms with Gasteiger partial charge in [-0.3, -0.25) is 4.68 Å². The Kier molecular flexibility index (Phi) is 9.63. The standard InChI is InChI=1S/C34H33ClN2O8/c1-4-5-10-37-32(26-15-27(35)20(2)11-29(26)43-18-21-8-6-7-9-25(21)34(40)41)24(17-36-37)13-23(33(38)39)12-22-14-30-31(45-19-44-30)16-28(22)42-3/h6-9,11,13-17H,4-5,10,12,18-19H2,1-3H3,(H,38,39)(H,40,41). The van der Waals surface area contributed by atoms with E-state index < -0.39 is 11.9 Å². The maximum absolute atomic E-state index is 12.6. The summed E-state index contributed by atoms with van der Waals surface area (Å²) in [5.74, 6) is -0.167. The third-order valence-corrected chi connectivity index (χ3v) is 7.91. The van der Waals surface area contributed by atoms with E-state index in [0.717, 1.165) is 18.4 Å². The molecule has 234 valence electrons. The lowest BCUT2D eigenvalue weighted by atomic mass is 9.99. The molecular formula is C34H33ClN2O8.